The maximum Gasteiger partial charge on any atom is 0.157 e. The van der Waals surface area contributed by atoms with E-state index in [0.717, 1.165) is 44.1 Å². The van der Waals surface area contributed by atoms with Crippen LogP contribution in [0.5, 0.6) is 0 Å². The number of fused-ring (bicyclic) bond motifs is 6. The molecular formula is C39H42B14N4O. The Morgan fingerprint density at radius 1 is 0.466 bits per heavy atom. The Kier molecular flexibility index (Phi) is 10.1. The van der Waals surface area contributed by atoms with Gasteiger partial charge in [0.2, 0.25) is 0 Å². The van der Waals surface area contributed by atoms with Crippen molar-refractivity contribution in [3.63, 3.8) is 0 Å². The van der Waals surface area contributed by atoms with Gasteiger partial charge in [0.1, 0.15) is 127 Å². The molecule has 2 aromatic heterocycles. The Labute approximate surface area is 354 Å². The summed E-state index contributed by atoms with van der Waals surface area (Å²) in [6.07, 6.45) is 0. The molecule has 0 amide bonds. The van der Waals surface area contributed by atoms with Gasteiger partial charge in [0.25, 0.3) is 0 Å². The Bertz CT molecular complexity index is 3060. The average Bonchev–Trinajstić information content (AvgIpc) is 3.80. The van der Waals surface area contributed by atoms with Crippen molar-refractivity contribution in [1.29, 1.82) is 0 Å². The third kappa shape index (κ3) is 5.81. The van der Waals surface area contributed by atoms with Gasteiger partial charge in [-0.05, 0) is 16.3 Å². The summed E-state index contributed by atoms with van der Waals surface area (Å²) in [4.78, 5) is 10.3. The Hall–Kier alpha value is -5.03. The number of aliphatic imine (C=N–C) groups is 2. The van der Waals surface area contributed by atoms with Crippen LogP contribution in [0.15, 0.2) is 75.1 Å². The molecule has 0 saturated carbocycles. The van der Waals surface area contributed by atoms with E-state index in [0.29, 0.717) is 18.2 Å². The van der Waals surface area contributed by atoms with Gasteiger partial charge in [-0.25, -0.2) is 4.99 Å². The monoisotopic (exact) mass is 736 g/mol. The van der Waals surface area contributed by atoms with Crippen LogP contribution in [0, 0.1) is 0 Å². The first-order valence-electron chi connectivity index (χ1n) is 20.5. The van der Waals surface area contributed by atoms with Gasteiger partial charge in [0.05, 0.1) is 17.6 Å². The first-order valence-corrected chi connectivity index (χ1v) is 20.5. The highest BCUT2D eigenvalue weighted by atomic mass is 16.3. The molecule has 0 radical (unpaired) electrons. The molecule has 8 aromatic rings. The Balaban J connectivity index is 1.55. The number of aromatic nitrogens is 1. The average molecular weight is 734 g/mol. The lowest BCUT2D eigenvalue weighted by Gasteiger charge is -2.22. The highest BCUT2D eigenvalue weighted by molar-refractivity contribution is 6.72. The van der Waals surface area contributed by atoms with Gasteiger partial charge in [-0.1, -0.05) is 126 Å². The van der Waals surface area contributed by atoms with Gasteiger partial charge in [0, 0.05) is 27.5 Å². The molecule has 0 aliphatic rings. The molecule has 2 heterocycles. The summed E-state index contributed by atoms with van der Waals surface area (Å²) in [6.45, 7) is 0.402. The normalized spacial score (nSPS) is 12.4. The minimum atomic E-state index is 0.402. The molecule has 0 spiro atoms. The summed E-state index contributed by atoms with van der Waals surface area (Å²) in [6, 6.07) is 20.1. The number of benzene rings is 6. The van der Waals surface area contributed by atoms with E-state index >= 15 is 0 Å². The van der Waals surface area contributed by atoms with Crippen LogP contribution in [0.25, 0.3) is 49.4 Å². The van der Waals surface area contributed by atoms with Gasteiger partial charge < -0.3 is 14.7 Å². The molecule has 0 aliphatic heterocycles. The van der Waals surface area contributed by atoms with E-state index in [1.165, 1.54) is 98.5 Å². The summed E-state index contributed by atoms with van der Waals surface area (Å²) in [5.41, 5.74) is 33.2. The van der Waals surface area contributed by atoms with Gasteiger partial charge in [-0.2, -0.15) is 0 Å². The fourth-order valence-electron chi connectivity index (χ4n) is 9.44. The lowest BCUT2D eigenvalue weighted by Crippen LogP contribution is -2.49. The number of nitrogens with zero attached hydrogens (tertiary/aromatic N) is 3. The maximum absolute atomic E-state index is 7.19. The molecule has 0 bridgehead atoms. The molecule has 6 aromatic carbocycles. The highest BCUT2D eigenvalue weighted by Crippen LogP contribution is 2.35. The van der Waals surface area contributed by atoms with Crippen molar-refractivity contribution in [3.05, 3.63) is 77.4 Å². The minimum absolute atomic E-state index is 0.402. The summed E-state index contributed by atoms with van der Waals surface area (Å²) in [7, 11) is 31.8. The maximum atomic E-state index is 7.19. The number of hydrogen-bond acceptors (Lipinski definition) is 2. The van der Waals surface area contributed by atoms with Crippen LogP contribution < -0.4 is 82.2 Å². The third-order valence-corrected chi connectivity index (χ3v) is 14.1. The van der Waals surface area contributed by atoms with Crippen LogP contribution in [0.4, 0.5) is 0 Å². The second kappa shape index (κ2) is 14.7. The Morgan fingerprint density at radius 2 is 0.897 bits per heavy atom. The predicted octanol–water partition coefficient (Wildman–Crippen LogP) is -15.3. The van der Waals surface area contributed by atoms with E-state index in [1.807, 2.05) is 48.5 Å². The van der Waals surface area contributed by atoms with Crippen molar-refractivity contribution in [2.75, 3.05) is 0 Å². The first kappa shape index (κ1) is 39.8. The lowest BCUT2D eigenvalue weighted by molar-refractivity contribution is 0.674. The minimum Gasteiger partial charge on any atom is -0.457 e. The van der Waals surface area contributed by atoms with Crippen LogP contribution in [-0.4, -0.2) is 126 Å². The zero-order valence-electron chi connectivity index (χ0n) is 36.8. The van der Waals surface area contributed by atoms with Crippen LogP contribution in [0.2, 0.25) is 0 Å². The van der Waals surface area contributed by atoms with Crippen LogP contribution in [0.1, 0.15) is 16.7 Å². The SMILES string of the molecule is Bc1c(B)c(C/N=C(\N=C(/N)c2ccccc2)c2ccccc2)c2c(oc3c(B)c(B)c(B)c(-n4c5c(B)c(B)c(B)c(B)c5c5c(B)c(B)c(B)c(B)c54)c32)c1B. The van der Waals surface area contributed by atoms with E-state index in [2.05, 4.69) is 127 Å². The van der Waals surface area contributed by atoms with Crippen molar-refractivity contribution < 1.29 is 4.42 Å². The van der Waals surface area contributed by atoms with Gasteiger partial charge in [-0.3, -0.25) is 4.99 Å². The molecule has 0 saturated heterocycles. The van der Waals surface area contributed by atoms with E-state index in [-0.39, 0.29) is 0 Å². The summed E-state index contributed by atoms with van der Waals surface area (Å²) < 4.78 is 9.82. The van der Waals surface area contributed by atoms with Crippen molar-refractivity contribution in [2.24, 2.45) is 15.7 Å². The highest BCUT2D eigenvalue weighted by Gasteiger charge is 2.29. The van der Waals surface area contributed by atoms with Crippen molar-refractivity contribution in [3.8, 4) is 5.69 Å². The molecule has 0 atom stereocenters. The second-order valence-corrected chi connectivity index (χ2v) is 16.7. The molecule has 58 heavy (non-hydrogen) atoms. The molecule has 0 aliphatic carbocycles. The third-order valence-electron chi connectivity index (χ3n) is 14.1. The second-order valence-electron chi connectivity index (χ2n) is 16.7. The zero-order valence-corrected chi connectivity index (χ0v) is 36.8. The summed E-state index contributed by atoms with van der Waals surface area (Å²) in [5, 5.41) is 4.98. The predicted molar refractivity (Wildman–Crippen MR) is 296 cm³/mol. The molecule has 8 rings (SSSR count). The van der Waals surface area contributed by atoms with Crippen LogP contribution >= 0.6 is 0 Å². The lowest BCUT2D eigenvalue weighted by atomic mass is 9.63. The first-order chi connectivity index (χ1) is 27.6. The molecule has 19 heteroatoms. The van der Waals surface area contributed by atoms with E-state index in [9.17, 15) is 0 Å². The zero-order chi connectivity index (χ0) is 41.6. The van der Waals surface area contributed by atoms with Crippen LogP contribution in [-0.2, 0) is 6.54 Å². The molecule has 0 fully saturated rings. The topological polar surface area (TPSA) is 68.8 Å². The fraction of sp³-hybridized carbons (Fsp3) is 0.0256. The van der Waals surface area contributed by atoms with E-state index in [4.69, 9.17) is 20.1 Å². The van der Waals surface area contributed by atoms with Gasteiger partial charge in [-0.15, -0.1) is 10.9 Å². The quantitative estimate of drug-likeness (QED) is 0.109. The molecular weight excluding hydrogens is 692 g/mol. The van der Waals surface area contributed by atoms with Gasteiger partial charge in [0.15, 0.2) is 5.84 Å². The van der Waals surface area contributed by atoms with Crippen molar-refractivity contribution in [1.82, 2.24) is 4.57 Å². The van der Waals surface area contributed by atoms with Gasteiger partial charge >= 0.3 is 0 Å². The summed E-state index contributed by atoms with van der Waals surface area (Å²) in [5.74, 6) is 1.03. The van der Waals surface area contributed by atoms with Crippen LogP contribution in [0.3, 0.4) is 0 Å². The largest absolute Gasteiger partial charge is 0.457 e. The smallest absolute Gasteiger partial charge is 0.157 e. The molecule has 2 N–H and O–H groups in total. The van der Waals surface area contributed by atoms with E-state index < -0.39 is 0 Å². The number of furan rings is 1. The fourth-order valence-corrected chi connectivity index (χ4v) is 9.44. The number of rotatable bonds is 5. The molecule has 266 valence electrons. The molecule has 5 nitrogen and oxygen atoms in total. The number of amidine groups is 2. The molecule has 0 unspecified atom stereocenters. The van der Waals surface area contributed by atoms with Crippen molar-refractivity contribution >= 4 is 242 Å². The van der Waals surface area contributed by atoms with E-state index in [1.54, 1.807) is 0 Å². The van der Waals surface area contributed by atoms with Crippen molar-refractivity contribution in [2.45, 2.75) is 6.54 Å². The number of nitrogens with two attached hydrogens (primary N) is 1. The number of hydrogen-bond donors (Lipinski definition) is 1. The summed E-state index contributed by atoms with van der Waals surface area (Å²) >= 11 is 0. The Morgan fingerprint density at radius 3 is 1.41 bits per heavy atom. The standard InChI is InChI=1S/C39H42B14N4O/c40-19-14(11-55-39(13-9-5-2-6-10-13)56-38(54)12-7-3-1-4-8-12)15-18-35(30(51)27(48)32(53)37(18)58-36(15)31(52)22(19)43)57-33-16(20(41)23(44)25(46)28(33)49)17-21(42)24(45)26(47)29(50)34(17)57/h1-10H,11,40-53H2,(H2,54,55,56).